The molecule has 3 aromatic rings. The Balaban J connectivity index is 0.000000389. The molecule has 2 N–H and O–H groups in total. The molecule has 2 aliphatic rings. The molecule has 1 atom stereocenters. The third kappa shape index (κ3) is 8.41. The van der Waals surface area contributed by atoms with Gasteiger partial charge in [-0.3, -0.25) is 15.2 Å². The number of benzene rings is 3. The van der Waals surface area contributed by atoms with E-state index >= 15 is 0 Å². The number of para-hydroxylation sites is 3. The van der Waals surface area contributed by atoms with Gasteiger partial charge >= 0.3 is 0 Å². The molecule has 3 aromatic carbocycles. The second-order valence-corrected chi connectivity index (χ2v) is 13.0. The number of fused-ring (bicyclic) bond motifs is 2. The van der Waals surface area contributed by atoms with Gasteiger partial charge < -0.3 is 10.0 Å². The maximum Gasteiger partial charge on any atom is 0.274 e. The van der Waals surface area contributed by atoms with Crippen molar-refractivity contribution in [2.75, 3.05) is 25.0 Å². The van der Waals surface area contributed by atoms with Crippen molar-refractivity contribution >= 4 is 31.5 Å². The maximum atomic E-state index is 10.3. The quantitative estimate of drug-likeness (QED) is 0.0570. The molecule has 8 heteroatoms. The molecule has 0 saturated heterocycles. The zero-order valence-corrected chi connectivity index (χ0v) is 29.8. The van der Waals surface area contributed by atoms with Crippen LogP contribution in [0.1, 0.15) is 58.2 Å². The number of anilines is 1. The molecule has 0 saturated carbocycles. The second kappa shape index (κ2) is 17.1. The summed E-state index contributed by atoms with van der Waals surface area (Å²) < 4.78 is 2.31. The highest BCUT2D eigenvalue weighted by molar-refractivity contribution is 7.39. The average molecular weight is 654 g/mol. The molecular weight excluding hydrogens is 603 g/mol. The fraction of sp³-hybridized carbons (Fsp3) is 0.308. The molecule has 47 heavy (non-hydrogen) atoms. The fourth-order valence-corrected chi connectivity index (χ4v) is 6.58. The molecule has 0 bridgehead atoms. The summed E-state index contributed by atoms with van der Waals surface area (Å²) in [6.07, 6.45) is 11.0. The highest BCUT2D eigenvalue weighted by Crippen LogP contribution is 2.47. The van der Waals surface area contributed by atoms with Gasteiger partial charge in [0, 0.05) is 53.7 Å². The van der Waals surface area contributed by atoms with Gasteiger partial charge in [0.1, 0.15) is 7.05 Å². The van der Waals surface area contributed by atoms with Crippen LogP contribution in [0.3, 0.4) is 0 Å². The molecule has 0 spiro atoms. The van der Waals surface area contributed by atoms with Gasteiger partial charge in [0.2, 0.25) is 5.69 Å². The van der Waals surface area contributed by atoms with Gasteiger partial charge in [-0.1, -0.05) is 107 Å². The highest BCUT2D eigenvalue weighted by Gasteiger charge is 2.42. The number of rotatable bonds is 10. The average Bonchev–Trinajstić information content (AvgIpc) is 3.42. The van der Waals surface area contributed by atoms with E-state index in [9.17, 15) is 10.1 Å². The summed E-state index contributed by atoms with van der Waals surface area (Å²) >= 11 is 0. The smallest absolute Gasteiger partial charge is 0.274 e. The normalized spacial score (nSPS) is 16.7. The third-order valence-electron chi connectivity index (χ3n) is 8.49. The molecule has 0 radical (unpaired) electrons. The minimum absolute atomic E-state index is 0.000858. The van der Waals surface area contributed by atoms with Crippen molar-refractivity contribution in [1.29, 1.82) is 0 Å². The van der Waals surface area contributed by atoms with E-state index in [4.69, 9.17) is 5.11 Å². The molecule has 0 amide bonds. The molecule has 5 rings (SSSR count). The van der Waals surface area contributed by atoms with Crippen molar-refractivity contribution in [3.05, 3.63) is 148 Å². The molecule has 1 unspecified atom stereocenters. The number of nitro benzene ring substituents is 1. The predicted octanol–water partition coefficient (Wildman–Crippen LogP) is 8.93. The number of nitrogens with zero attached hydrogens (tertiary/aromatic N) is 3. The van der Waals surface area contributed by atoms with Crippen molar-refractivity contribution in [2.24, 2.45) is 0 Å². The Morgan fingerprint density at radius 3 is 2.21 bits per heavy atom. The van der Waals surface area contributed by atoms with Crippen LogP contribution in [0, 0.1) is 10.1 Å². The summed E-state index contributed by atoms with van der Waals surface area (Å²) in [5.41, 5.74) is 8.31. The van der Waals surface area contributed by atoms with Crippen LogP contribution in [0.2, 0.25) is 0 Å². The summed E-state index contributed by atoms with van der Waals surface area (Å²) in [6, 6.07) is 23.6. The lowest BCUT2D eigenvalue weighted by molar-refractivity contribution is -0.401. The van der Waals surface area contributed by atoms with Gasteiger partial charge in [-0.2, -0.15) is 4.58 Å². The number of nitrogens with one attached hydrogen (secondary N) is 1. The Kier molecular flexibility index (Phi) is 13.6. The van der Waals surface area contributed by atoms with Gasteiger partial charge in [-0.05, 0) is 46.4 Å². The lowest BCUT2D eigenvalue weighted by atomic mass is 9.81. The highest BCUT2D eigenvalue weighted by atomic mass is 31.1. The van der Waals surface area contributed by atoms with E-state index < -0.39 is 4.92 Å². The Morgan fingerprint density at radius 1 is 0.936 bits per heavy atom. The number of aliphatic hydroxyl groups is 1. The van der Waals surface area contributed by atoms with E-state index in [0.717, 1.165) is 13.1 Å². The zero-order chi connectivity index (χ0) is 34.6. The predicted molar refractivity (Wildman–Crippen MR) is 200 cm³/mol. The summed E-state index contributed by atoms with van der Waals surface area (Å²) in [7, 11) is 2.75. The van der Waals surface area contributed by atoms with Crippen molar-refractivity contribution in [3.8, 4) is 0 Å². The first-order valence-electron chi connectivity index (χ1n) is 16.1. The summed E-state index contributed by atoms with van der Waals surface area (Å²) in [6.45, 7) is 18.6. The van der Waals surface area contributed by atoms with E-state index in [-0.39, 0.29) is 23.1 Å². The first-order valence-corrected chi connectivity index (χ1v) is 17.2. The monoisotopic (exact) mass is 653 g/mol. The molecule has 7 nitrogen and oxygen atoms in total. The van der Waals surface area contributed by atoms with Gasteiger partial charge in [0.05, 0.1) is 22.5 Å². The van der Waals surface area contributed by atoms with Crippen LogP contribution >= 0.6 is 8.73 Å². The molecule has 0 fully saturated rings. The Bertz CT molecular complexity index is 1670. The number of hydrogen-bond acceptors (Lipinski definition) is 5. The van der Waals surface area contributed by atoms with Crippen molar-refractivity contribution in [3.63, 3.8) is 0 Å². The Morgan fingerprint density at radius 2 is 1.57 bits per heavy atom. The Labute approximate surface area is 282 Å². The molecule has 2 aliphatic heterocycles. The van der Waals surface area contributed by atoms with Crippen LogP contribution in [0.5, 0.6) is 0 Å². The van der Waals surface area contributed by atoms with Gasteiger partial charge in [-0.15, -0.1) is 0 Å². The van der Waals surface area contributed by atoms with Gasteiger partial charge in [0.25, 0.3) is 5.69 Å². The SMILES string of the molecule is C=CPNCCN1/C(=C/C=C/C=C/C2=[N+](C)c3ccccc3C2(C)C)C(C)(C)c2ccccc21.CC.O=[N+]([O-])c1ccccc1CO. The Hall–Kier alpha value is -4.16. The molecule has 0 aliphatic carbocycles. The van der Waals surface area contributed by atoms with Crippen LogP contribution in [0.25, 0.3) is 0 Å². The van der Waals surface area contributed by atoms with Crippen LogP contribution in [0.15, 0.2) is 121 Å². The van der Waals surface area contributed by atoms with Crippen molar-refractivity contribution < 1.29 is 14.6 Å². The molecular formula is C39H50N4O3P+. The maximum absolute atomic E-state index is 10.3. The number of aliphatic hydroxyl groups excluding tert-OH is 1. The third-order valence-corrected chi connectivity index (χ3v) is 9.15. The largest absolute Gasteiger partial charge is 0.391 e. The van der Waals surface area contributed by atoms with E-state index in [1.54, 1.807) is 12.1 Å². The molecule has 248 valence electrons. The van der Waals surface area contributed by atoms with Gasteiger partial charge in [0.15, 0.2) is 5.71 Å². The number of nitro groups is 1. The number of allylic oxidation sites excluding steroid dienone is 6. The van der Waals surface area contributed by atoms with E-state index in [1.165, 1.54) is 46.0 Å². The van der Waals surface area contributed by atoms with Crippen LogP contribution in [-0.4, -0.2) is 40.5 Å². The van der Waals surface area contributed by atoms with Crippen LogP contribution < -0.4 is 9.99 Å². The van der Waals surface area contributed by atoms with Crippen molar-refractivity contribution in [2.45, 2.75) is 59.0 Å². The lowest BCUT2D eigenvalue weighted by Crippen LogP contribution is -2.30. The first kappa shape index (κ1) is 37.3. The van der Waals surface area contributed by atoms with E-state index in [0.29, 0.717) is 14.3 Å². The van der Waals surface area contributed by atoms with Crippen molar-refractivity contribution in [1.82, 2.24) is 5.09 Å². The van der Waals surface area contributed by atoms with E-state index in [1.807, 2.05) is 19.7 Å². The summed E-state index contributed by atoms with van der Waals surface area (Å²) in [5, 5.41) is 22.4. The van der Waals surface area contributed by atoms with Crippen LogP contribution in [0.4, 0.5) is 17.1 Å². The fourth-order valence-electron chi connectivity index (χ4n) is 6.18. The number of hydrogen-bond donors (Lipinski definition) is 2. The minimum Gasteiger partial charge on any atom is -0.391 e. The van der Waals surface area contributed by atoms with Gasteiger partial charge in [-0.25, -0.2) is 0 Å². The summed E-state index contributed by atoms with van der Waals surface area (Å²) in [4.78, 5) is 12.2. The summed E-state index contributed by atoms with van der Waals surface area (Å²) in [5.74, 6) is 1.94. The molecule has 2 heterocycles. The standard InChI is InChI=1S/C30H37N3P.C7H7NO3.C2H6/c1-7-34-31-21-22-33-26-18-14-12-16-24(26)30(4,5)28(33)20-10-8-9-19-27-29(2,3)23-15-11-13-17-25(23)32(27)6;9-5-6-3-1-2-4-7(6)8(10)11;1-2/h7-20,31,34H,1,21-22H2,2-6H3;1-4,9H,5H2;1-2H3/q+1;;. The van der Waals surface area contributed by atoms with Crippen LogP contribution in [-0.2, 0) is 17.4 Å². The minimum atomic E-state index is -0.508. The lowest BCUT2D eigenvalue weighted by Gasteiger charge is -2.27. The molecule has 0 aromatic heterocycles. The first-order chi connectivity index (χ1) is 22.6. The zero-order valence-electron chi connectivity index (χ0n) is 28.8. The van der Waals surface area contributed by atoms with E-state index in [2.05, 4.69) is 135 Å². The second-order valence-electron chi connectivity index (χ2n) is 12.0. The topological polar surface area (TPSA) is 81.7 Å².